The fraction of sp³-hybridized carbons (Fsp3) is 0.571. The van der Waals surface area contributed by atoms with Crippen molar-refractivity contribution in [2.45, 2.75) is 68.6 Å². The van der Waals surface area contributed by atoms with E-state index in [-0.39, 0.29) is 30.5 Å². The maximum absolute atomic E-state index is 13.6. The van der Waals surface area contributed by atoms with Crippen LogP contribution in [0.4, 0.5) is 5.69 Å². The van der Waals surface area contributed by atoms with E-state index in [1.807, 2.05) is 25.1 Å². The predicted octanol–water partition coefficient (Wildman–Crippen LogP) is 5.92. The number of allylic oxidation sites excluding steroid dienone is 1. The Morgan fingerprint density at radius 2 is 1.98 bits per heavy atom. The van der Waals surface area contributed by atoms with E-state index in [0.29, 0.717) is 36.2 Å². The number of sulfonamides is 1. The lowest BCUT2D eigenvalue weighted by atomic mass is 9.68. The van der Waals surface area contributed by atoms with Crippen molar-refractivity contribution >= 4 is 33.2 Å². The lowest BCUT2D eigenvalue weighted by Crippen LogP contribution is -2.49. The Labute approximate surface area is 272 Å². The zero-order valence-corrected chi connectivity index (χ0v) is 28.0. The molecule has 6 atom stereocenters. The van der Waals surface area contributed by atoms with Crippen LogP contribution in [0, 0.1) is 17.8 Å². The molecule has 0 aromatic heterocycles. The molecule has 45 heavy (non-hydrogen) atoms. The van der Waals surface area contributed by atoms with Gasteiger partial charge in [0.1, 0.15) is 5.75 Å². The molecule has 0 saturated heterocycles. The highest BCUT2D eigenvalue weighted by molar-refractivity contribution is 7.90. The summed E-state index contributed by atoms with van der Waals surface area (Å²) < 4.78 is 47.4. The maximum Gasteiger partial charge on any atom is 0.264 e. The topological polar surface area (TPSA) is 94.2 Å². The van der Waals surface area contributed by atoms with Gasteiger partial charge in [0.05, 0.1) is 23.6 Å². The van der Waals surface area contributed by atoms with Gasteiger partial charge in [0.15, 0.2) is 0 Å². The average Bonchev–Trinajstić information content (AvgIpc) is 3.15. The highest BCUT2D eigenvalue weighted by Crippen LogP contribution is 2.47. The number of aryl methyl sites for hydroxylation is 1. The number of ether oxygens (including phenoxy) is 3. The van der Waals surface area contributed by atoms with Crippen LogP contribution in [0.5, 0.6) is 5.75 Å². The van der Waals surface area contributed by atoms with Crippen molar-refractivity contribution in [3.63, 3.8) is 0 Å². The van der Waals surface area contributed by atoms with Crippen molar-refractivity contribution < 1.29 is 27.4 Å². The summed E-state index contributed by atoms with van der Waals surface area (Å²) in [6.07, 6.45) is 9.96. The Balaban J connectivity index is 1.42. The third-order valence-electron chi connectivity index (χ3n) is 10.5. The largest absolute Gasteiger partial charge is 0.490 e. The van der Waals surface area contributed by atoms with Crippen molar-refractivity contribution in [3.05, 3.63) is 70.3 Å². The van der Waals surface area contributed by atoms with E-state index in [4.69, 9.17) is 25.8 Å². The molecular formula is C35H45ClN2O6S. The average molecular weight is 657 g/mol. The van der Waals surface area contributed by atoms with Crippen molar-refractivity contribution in [3.8, 4) is 5.75 Å². The SMILES string of the molecule is COCC[C@H]1C[C@@H](C)/C=C/[C@H](OC)[C@@H]2CCC2CN2CC3(CCCc4cc(Cl)ccc43)COc3ccc(cc32)C(=O)NS1(=O)=O. The summed E-state index contributed by atoms with van der Waals surface area (Å²) in [7, 11) is -0.671. The summed E-state index contributed by atoms with van der Waals surface area (Å²) in [6.45, 7) is 4.32. The number of rotatable bonds is 4. The van der Waals surface area contributed by atoms with Crippen LogP contribution in [0.3, 0.4) is 0 Å². The second kappa shape index (κ2) is 13.3. The Morgan fingerprint density at radius 3 is 2.73 bits per heavy atom. The van der Waals surface area contributed by atoms with E-state index < -0.39 is 21.2 Å². The van der Waals surface area contributed by atoms with Gasteiger partial charge in [0.2, 0.25) is 10.0 Å². The molecule has 2 bridgehead atoms. The molecule has 2 aromatic rings. The molecule has 1 amide bonds. The number of benzene rings is 2. The first-order chi connectivity index (χ1) is 21.6. The number of fused-ring (bicyclic) bond motifs is 4. The summed E-state index contributed by atoms with van der Waals surface area (Å²) in [4.78, 5) is 16.0. The van der Waals surface area contributed by atoms with Crippen LogP contribution in [-0.4, -0.2) is 66.2 Å². The number of carbonyl (C=O) groups is 1. The fourth-order valence-electron chi connectivity index (χ4n) is 7.90. The molecule has 2 aliphatic carbocycles. The molecule has 1 spiro atoms. The number of hydrogen-bond donors (Lipinski definition) is 1. The molecule has 1 fully saturated rings. The van der Waals surface area contributed by atoms with Crippen LogP contribution < -0.4 is 14.4 Å². The van der Waals surface area contributed by atoms with Gasteiger partial charge >= 0.3 is 0 Å². The monoisotopic (exact) mass is 656 g/mol. The Bertz CT molecular complexity index is 1550. The summed E-state index contributed by atoms with van der Waals surface area (Å²) in [5, 5.41) is -0.0409. The second-order valence-electron chi connectivity index (χ2n) is 13.5. The van der Waals surface area contributed by atoms with Gasteiger partial charge in [-0.05, 0) is 104 Å². The number of anilines is 1. The molecule has 8 nitrogen and oxygen atoms in total. The van der Waals surface area contributed by atoms with E-state index in [9.17, 15) is 13.2 Å². The van der Waals surface area contributed by atoms with Gasteiger partial charge in [0, 0.05) is 49.9 Å². The number of carbonyl (C=O) groups excluding carboxylic acids is 1. The molecule has 2 aromatic carbocycles. The minimum atomic E-state index is -3.98. The number of methoxy groups -OCH3 is 2. The van der Waals surface area contributed by atoms with Crippen LogP contribution in [0.15, 0.2) is 48.6 Å². The van der Waals surface area contributed by atoms with Gasteiger partial charge in [-0.25, -0.2) is 13.1 Å². The molecular weight excluding hydrogens is 612 g/mol. The fourth-order valence-corrected chi connectivity index (χ4v) is 9.60. The smallest absolute Gasteiger partial charge is 0.264 e. The number of hydrogen-bond acceptors (Lipinski definition) is 7. The molecule has 4 aliphatic rings. The molecule has 6 rings (SSSR count). The Morgan fingerprint density at radius 1 is 1.13 bits per heavy atom. The third-order valence-corrected chi connectivity index (χ3v) is 12.5. The lowest BCUT2D eigenvalue weighted by Gasteiger charge is -2.46. The zero-order chi connectivity index (χ0) is 31.8. The van der Waals surface area contributed by atoms with E-state index >= 15 is 0 Å². The van der Waals surface area contributed by atoms with Gasteiger partial charge < -0.3 is 19.1 Å². The van der Waals surface area contributed by atoms with Crippen molar-refractivity contribution in [1.82, 2.24) is 4.72 Å². The quantitative estimate of drug-likeness (QED) is 0.409. The minimum Gasteiger partial charge on any atom is -0.490 e. The summed E-state index contributed by atoms with van der Waals surface area (Å²) >= 11 is 6.42. The van der Waals surface area contributed by atoms with Crippen LogP contribution >= 0.6 is 11.6 Å². The molecule has 2 heterocycles. The third kappa shape index (κ3) is 6.64. The number of nitrogens with one attached hydrogen (secondary N) is 1. The van der Waals surface area contributed by atoms with Crippen LogP contribution in [0.1, 0.15) is 66.9 Å². The molecule has 2 unspecified atom stereocenters. The summed E-state index contributed by atoms with van der Waals surface area (Å²) in [5.74, 6) is 0.779. The van der Waals surface area contributed by atoms with Gasteiger partial charge in [-0.15, -0.1) is 0 Å². The lowest BCUT2D eigenvalue weighted by molar-refractivity contribution is 0.0130. The van der Waals surface area contributed by atoms with Crippen LogP contribution in [0.2, 0.25) is 5.02 Å². The van der Waals surface area contributed by atoms with E-state index in [2.05, 4.69) is 33.9 Å². The van der Waals surface area contributed by atoms with Crippen LogP contribution in [-0.2, 0) is 31.3 Å². The Kier molecular flexibility index (Phi) is 9.53. The van der Waals surface area contributed by atoms with Gasteiger partial charge in [-0.1, -0.05) is 36.7 Å². The van der Waals surface area contributed by atoms with Crippen molar-refractivity contribution in [2.75, 3.05) is 45.4 Å². The number of nitrogens with zero attached hydrogens (tertiary/aromatic N) is 1. The minimum absolute atomic E-state index is 0.0315. The molecule has 244 valence electrons. The Hall–Kier alpha value is -2.59. The normalized spacial score (nSPS) is 31.9. The maximum atomic E-state index is 13.6. The molecule has 0 radical (unpaired) electrons. The molecule has 2 aliphatic heterocycles. The van der Waals surface area contributed by atoms with Crippen molar-refractivity contribution in [2.24, 2.45) is 17.8 Å². The summed E-state index contributed by atoms with van der Waals surface area (Å²) in [6, 6.07) is 11.5. The van der Waals surface area contributed by atoms with E-state index in [1.54, 1.807) is 20.3 Å². The first-order valence-electron chi connectivity index (χ1n) is 16.2. The number of amides is 1. The zero-order valence-electron chi connectivity index (χ0n) is 26.5. The first-order valence-corrected chi connectivity index (χ1v) is 18.1. The molecule has 10 heteroatoms. The van der Waals surface area contributed by atoms with Gasteiger partial charge in [-0.2, -0.15) is 0 Å². The van der Waals surface area contributed by atoms with Crippen LogP contribution in [0.25, 0.3) is 0 Å². The predicted molar refractivity (Wildman–Crippen MR) is 177 cm³/mol. The highest BCUT2D eigenvalue weighted by atomic mass is 35.5. The molecule has 1 N–H and O–H groups in total. The standard InChI is InChI=1S/C35H45ClN2O6S/c1-23-6-12-32(43-3)29-10-7-26(29)20-38-21-35(15-4-5-24-18-27(36)9-11-30(24)35)22-44-33-13-8-25(19-31(33)38)34(39)37-45(40,41)28(17-23)14-16-42-2/h6,8-9,11-13,18-19,23,26,28-29,32H,4-5,7,10,14-17,20-22H2,1-3H3,(H,37,39)/b12-6+/t23-,26?,28-,29+,32-,35?/m0/s1. The van der Waals surface area contributed by atoms with Gasteiger partial charge in [-0.3, -0.25) is 4.79 Å². The first kappa shape index (κ1) is 32.4. The van der Waals surface area contributed by atoms with Gasteiger partial charge in [0.25, 0.3) is 5.91 Å². The van der Waals surface area contributed by atoms with E-state index in [0.717, 1.165) is 55.9 Å². The highest BCUT2D eigenvalue weighted by Gasteiger charge is 2.44. The molecule has 1 saturated carbocycles. The number of halogens is 1. The second-order valence-corrected chi connectivity index (χ2v) is 15.9. The summed E-state index contributed by atoms with van der Waals surface area (Å²) in [5.41, 5.74) is 3.42. The van der Waals surface area contributed by atoms with Crippen molar-refractivity contribution in [1.29, 1.82) is 0 Å². The van der Waals surface area contributed by atoms with E-state index in [1.165, 1.54) is 11.1 Å².